The number of nitrogens with zero attached hydrogens (tertiary/aromatic N) is 6. The van der Waals surface area contributed by atoms with Gasteiger partial charge in [-0.1, -0.05) is 30.3 Å². The van der Waals surface area contributed by atoms with Gasteiger partial charge in [0.25, 0.3) is 0 Å². The second kappa shape index (κ2) is 7.96. The molecule has 0 spiro atoms. The molecule has 1 saturated heterocycles. The molecule has 0 unspecified atom stereocenters. The lowest BCUT2D eigenvalue weighted by atomic mass is 10.2. The maximum atomic E-state index is 12.5. The summed E-state index contributed by atoms with van der Waals surface area (Å²) in [5.41, 5.74) is 2.90. The lowest BCUT2D eigenvalue weighted by Gasteiger charge is -2.34. The number of aromatic nitrogens is 4. The van der Waals surface area contributed by atoms with E-state index in [0.29, 0.717) is 0 Å². The van der Waals surface area contributed by atoms with E-state index in [4.69, 9.17) is 0 Å². The molecule has 27 heavy (non-hydrogen) atoms. The summed E-state index contributed by atoms with van der Waals surface area (Å²) in [7, 11) is 0. The molecule has 3 aromatic rings. The summed E-state index contributed by atoms with van der Waals surface area (Å²) in [5.74, 6) is 0. The van der Waals surface area contributed by atoms with E-state index in [9.17, 15) is 4.79 Å². The van der Waals surface area contributed by atoms with Crippen molar-refractivity contribution in [2.45, 2.75) is 6.54 Å². The van der Waals surface area contributed by atoms with Crippen LogP contribution in [0.1, 0.15) is 5.56 Å². The minimum atomic E-state index is -0.0652. The van der Waals surface area contributed by atoms with Crippen molar-refractivity contribution < 1.29 is 4.79 Å². The molecule has 1 fully saturated rings. The number of carbonyl (C=O) groups is 1. The highest BCUT2D eigenvalue weighted by molar-refractivity contribution is 5.89. The molecule has 2 amide bonds. The van der Waals surface area contributed by atoms with Gasteiger partial charge in [-0.05, 0) is 40.3 Å². The van der Waals surface area contributed by atoms with Gasteiger partial charge in [0.15, 0.2) is 0 Å². The number of hydrogen-bond donors (Lipinski definition) is 1. The van der Waals surface area contributed by atoms with Crippen LogP contribution in [0.15, 0.2) is 60.9 Å². The van der Waals surface area contributed by atoms with Crippen LogP contribution in [0.2, 0.25) is 0 Å². The van der Waals surface area contributed by atoms with Crippen molar-refractivity contribution in [2.75, 3.05) is 31.5 Å². The van der Waals surface area contributed by atoms with E-state index in [2.05, 4.69) is 50.0 Å². The van der Waals surface area contributed by atoms with E-state index in [1.54, 1.807) is 4.68 Å². The molecule has 2 aromatic carbocycles. The Morgan fingerprint density at radius 1 is 0.963 bits per heavy atom. The van der Waals surface area contributed by atoms with Crippen LogP contribution in [0, 0.1) is 0 Å². The van der Waals surface area contributed by atoms with Crippen LogP contribution in [0.4, 0.5) is 10.5 Å². The molecule has 1 N–H and O–H groups in total. The Kier molecular flexibility index (Phi) is 5.06. The third kappa shape index (κ3) is 4.29. The molecule has 8 heteroatoms. The SMILES string of the molecule is O=C(Nc1ccc(-n2cnnn2)cc1)N1CCN(Cc2ccccc2)CC1. The molecular weight excluding hydrogens is 342 g/mol. The zero-order valence-electron chi connectivity index (χ0n) is 14.9. The topological polar surface area (TPSA) is 79.2 Å². The number of benzene rings is 2. The summed E-state index contributed by atoms with van der Waals surface area (Å²) in [4.78, 5) is 16.7. The third-order valence-corrected chi connectivity index (χ3v) is 4.64. The van der Waals surface area contributed by atoms with Crippen molar-refractivity contribution in [2.24, 2.45) is 0 Å². The fourth-order valence-corrected chi connectivity index (χ4v) is 3.13. The van der Waals surface area contributed by atoms with Crippen molar-refractivity contribution in [3.05, 3.63) is 66.5 Å². The summed E-state index contributed by atoms with van der Waals surface area (Å²) in [6.07, 6.45) is 1.53. The molecule has 0 saturated carbocycles. The summed E-state index contributed by atoms with van der Waals surface area (Å²) in [6.45, 7) is 4.12. The number of carbonyl (C=O) groups excluding carboxylic acids is 1. The van der Waals surface area contributed by atoms with Gasteiger partial charge >= 0.3 is 6.03 Å². The lowest BCUT2D eigenvalue weighted by molar-refractivity contribution is 0.143. The molecule has 0 radical (unpaired) electrons. The van der Waals surface area contributed by atoms with Gasteiger partial charge in [0, 0.05) is 38.4 Å². The van der Waals surface area contributed by atoms with Crippen LogP contribution in [0.5, 0.6) is 0 Å². The number of hydrogen-bond acceptors (Lipinski definition) is 5. The van der Waals surface area contributed by atoms with Gasteiger partial charge in [0.1, 0.15) is 6.33 Å². The number of tetrazole rings is 1. The zero-order valence-corrected chi connectivity index (χ0v) is 14.9. The maximum Gasteiger partial charge on any atom is 0.321 e. The Balaban J connectivity index is 1.28. The molecule has 8 nitrogen and oxygen atoms in total. The number of rotatable bonds is 4. The van der Waals surface area contributed by atoms with E-state index in [1.165, 1.54) is 11.9 Å². The molecule has 2 heterocycles. The summed E-state index contributed by atoms with van der Waals surface area (Å²) in [5, 5.41) is 14.0. The molecule has 4 rings (SSSR count). The van der Waals surface area contributed by atoms with Gasteiger partial charge in [0.2, 0.25) is 0 Å². The van der Waals surface area contributed by atoms with E-state index >= 15 is 0 Å². The van der Waals surface area contributed by atoms with Crippen molar-refractivity contribution >= 4 is 11.7 Å². The molecule has 1 aromatic heterocycles. The Morgan fingerprint density at radius 2 is 1.70 bits per heavy atom. The monoisotopic (exact) mass is 363 g/mol. The van der Waals surface area contributed by atoms with Crippen LogP contribution >= 0.6 is 0 Å². The molecule has 138 valence electrons. The van der Waals surface area contributed by atoms with Crippen molar-refractivity contribution in [1.82, 2.24) is 30.0 Å². The maximum absolute atomic E-state index is 12.5. The van der Waals surface area contributed by atoms with E-state index in [0.717, 1.165) is 44.1 Å². The number of piperazine rings is 1. The van der Waals surface area contributed by atoms with Crippen LogP contribution in [0.25, 0.3) is 5.69 Å². The fourth-order valence-electron chi connectivity index (χ4n) is 3.13. The number of amides is 2. The second-order valence-corrected chi connectivity index (χ2v) is 6.48. The minimum absolute atomic E-state index is 0.0652. The average Bonchev–Trinajstić information content (AvgIpc) is 3.25. The summed E-state index contributed by atoms with van der Waals surface area (Å²) in [6, 6.07) is 17.8. The first-order valence-electron chi connectivity index (χ1n) is 8.93. The molecule has 0 atom stereocenters. The molecule has 0 bridgehead atoms. The predicted octanol–water partition coefficient (Wildman–Crippen LogP) is 2.01. The van der Waals surface area contributed by atoms with Crippen LogP contribution in [0.3, 0.4) is 0 Å². The van der Waals surface area contributed by atoms with Crippen LogP contribution in [-0.2, 0) is 6.54 Å². The standard InChI is InChI=1S/C19H21N7O/c27-19(21-17-6-8-18(9-7-17)26-15-20-22-23-26)25-12-10-24(11-13-25)14-16-4-2-1-3-5-16/h1-9,15H,10-14H2,(H,21,27). The fraction of sp³-hybridized carbons (Fsp3) is 0.263. The lowest BCUT2D eigenvalue weighted by Crippen LogP contribution is -2.49. The molecule has 1 aliphatic heterocycles. The van der Waals surface area contributed by atoms with Crippen molar-refractivity contribution in [3.8, 4) is 5.69 Å². The second-order valence-electron chi connectivity index (χ2n) is 6.48. The van der Waals surface area contributed by atoms with Crippen molar-refractivity contribution in [3.63, 3.8) is 0 Å². The van der Waals surface area contributed by atoms with Gasteiger partial charge in [-0.3, -0.25) is 4.90 Å². The Labute approximate surface area is 157 Å². The largest absolute Gasteiger partial charge is 0.322 e. The highest BCUT2D eigenvalue weighted by Gasteiger charge is 2.21. The molecule has 0 aliphatic carbocycles. The van der Waals surface area contributed by atoms with E-state index < -0.39 is 0 Å². The van der Waals surface area contributed by atoms with Crippen LogP contribution in [-0.4, -0.2) is 62.2 Å². The normalized spacial score (nSPS) is 14.9. The number of anilines is 1. The Hall–Kier alpha value is -3.26. The smallest absolute Gasteiger partial charge is 0.321 e. The van der Waals surface area contributed by atoms with E-state index in [-0.39, 0.29) is 6.03 Å². The first kappa shape index (κ1) is 17.2. The Bertz CT molecular complexity index is 857. The highest BCUT2D eigenvalue weighted by atomic mass is 16.2. The molecule has 1 aliphatic rings. The van der Waals surface area contributed by atoms with Gasteiger partial charge in [-0.25, -0.2) is 9.48 Å². The summed E-state index contributed by atoms with van der Waals surface area (Å²) < 4.78 is 1.57. The minimum Gasteiger partial charge on any atom is -0.322 e. The first-order chi connectivity index (χ1) is 13.3. The van der Waals surface area contributed by atoms with Gasteiger partial charge in [-0.15, -0.1) is 5.10 Å². The Morgan fingerprint density at radius 3 is 2.37 bits per heavy atom. The highest BCUT2D eigenvalue weighted by Crippen LogP contribution is 2.14. The number of nitrogens with one attached hydrogen (secondary N) is 1. The molecular formula is C19H21N7O. The van der Waals surface area contributed by atoms with E-state index in [1.807, 2.05) is 35.2 Å². The zero-order chi connectivity index (χ0) is 18.5. The van der Waals surface area contributed by atoms with Crippen molar-refractivity contribution in [1.29, 1.82) is 0 Å². The first-order valence-corrected chi connectivity index (χ1v) is 8.93. The average molecular weight is 363 g/mol. The predicted molar refractivity (Wildman–Crippen MR) is 101 cm³/mol. The van der Waals surface area contributed by atoms with Crippen LogP contribution < -0.4 is 5.32 Å². The van der Waals surface area contributed by atoms with Gasteiger partial charge in [-0.2, -0.15) is 0 Å². The third-order valence-electron chi connectivity index (χ3n) is 4.64. The van der Waals surface area contributed by atoms with Gasteiger partial charge in [0.05, 0.1) is 5.69 Å². The quantitative estimate of drug-likeness (QED) is 0.767. The summed E-state index contributed by atoms with van der Waals surface area (Å²) >= 11 is 0. The number of urea groups is 1. The van der Waals surface area contributed by atoms with Gasteiger partial charge < -0.3 is 10.2 Å².